The summed E-state index contributed by atoms with van der Waals surface area (Å²) in [6.07, 6.45) is 9.65. The van der Waals surface area contributed by atoms with E-state index in [1.165, 1.54) is 16.7 Å². The molecule has 2 rings (SSSR count). The minimum absolute atomic E-state index is 0.109. The molecule has 1 amide bonds. The molecule has 1 aliphatic rings. The normalized spacial score (nSPS) is 13.2. The lowest BCUT2D eigenvalue weighted by molar-refractivity contribution is -0.121. The van der Waals surface area contributed by atoms with Gasteiger partial charge in [-0.05, 0) is 37.3 Å². The molecule has 0 spiro atoms. The average molecular weight is 299 g/mol. The maximum absolute atomic E-state index is 11.7. The number of benzene rings is 1. The zero-order valence-corrected chi connectivity index (χ0v) is 13.3. The smallest absolute Gasteiger partial charge is 0.220 e. The molecule has 1 N–H and O–H groups in total. The highest BCUT2D eigenvalue weighted by Crippen LogP contribution is 2.10. The topological polar surface area (TPSA) is 38.3 Å². The molecule has 3 heteroatoms. The summed E-state index contributed by atoms with van der Waals surface area (Å²) in [6, 6.07) is 8.49. The molecule has 0 saturated carbocycles. The first-order chi connectivity index (χ1) is 10.7. The van der Waals surface area contributed by atoms with Crippen LogP contribution in [-0.2, 0) is 16.0 Å². The Morgan fingerprint density at radius 2 is 2.09 bits per heavy atom. The fourth-order valence-electron chi connectivity index (χ4n) is 2.36. The van der Waals surface area contributed by atoms with Crippen molar-refractivity contribution >= 4 is 5.91 Å². The number of nitrogens with one attached hydrogen (secondary N) is 1. The molecule has 0 heterocycles. The van der Waals surface area contributed by atoms with Crippen molar-refractivity contribution in [2.75, 3.05) is 19.8 Å². The third kappa shape index (κ3) is 6.27. The van der Waals surface area contributed by atoms with Gasteiger partial charge >= 0.3 is 0 Å². The maximum Gasteiger partial charge on any atom is 0.220 e. The van der Waals surface area contributed by atoms with Gasteiger partial charge in [-0.15, -0.1) is 0 Å². The Kier molecular flexibility index (Phi) is 6.91. The van der Waals surface area contributed by atoms with Crippen LogP contribution in [0.15, 0.2) is 48.1 Å². The highest BCUT2D eigenvalue weighted by atomic mass is 16.5. The minimum Gasteiger partial charge on any atom is -0.375 e. The van der Waals surface area contributed by atoms with Gasteiger partial charge in [0.15, 0.2) is 0 Å². The third-order valence-corrected chi connectivity index (χ3v) is 3.69. The van der Waals surface area contributed by atoms with E-state index in [9.17, 15) is 4.79 Å². The van der Waals surface area contributed by atoms with Crippen LogP contribution < -0.4 is 5.32 Å². The van der Waals surface area contributed by atoms with Gasteiger partial charge in [0.2, 0.25) is 5.91 Å². The Morgan fingerprint density at radius 1 is 1.27 bits per heavy atom. The molecule has 22 heavy (non-hydrogen) atoms. The van der Waals surface area contributed by atoms with Crippen LogP contribution >= 0.6 is 0 Å². The minimum atomic E-state index is 0.109. The van der Waals surface area contributed by atoms with Gasteiger partial charge in [-0.25, -0.2) is 0 Å². The van der Waals surface area contributed by atoms with Crippen molar-refractivity contribution in [1.29, 1.82) is 0 Å². The summed E-state index contributed by atoms with van der Waals surface area (Å²) in [5.74, 6) is 0.109. The number of hydrogen-bond donors (Lipinski definition) is 1. The largest absolute Gasteiger partial charge is 0.375 e. The van der Waals surface area contributed by atoms with Crippen molar-refractivity contribution in [3.8, 4) is 0 Å². The molecular weight excluding hydrogens is 274 g/mol. The van der Waals surface area contributed by atoms with Gasteiger partial charge in [-0.3, -0.25) is 4.79 Å². The fraction of sp³-hybridized carbons (Fsp3) is 0.421. The number of allylic oxidation sites excluding steroid dienone is 3. The van der Waals surface area contributed by atoms with Gasteiger partial charge in [0.05, 0.1) is 13.2 Å². The van der Waals surface area contributed by atoms with E-state index < -0.39 is 0 Å². The molecule has 0 aliphatic heterocycles. The number of carbonyl (C=O) groups is 1. The molecule has 118 valence electrons. The summed E-state index contributed by atoms with van der Waals surface area (Å²) < 4.78 is 5.53. The predicted octanol–water partition coefficient (Wildman–Crippen LogP) is 3.34. The van der Waals surface area contributed by atoms with Crippen molar-refractivity contribution in [1.82, 2.24) is 5.32 Å². The van der Waals surface area contributed by atoms with Crippen molar-refractivity contribution < 1.29 is 9.53 Å². The molecule has 3 nitrogen and oxygen atoms in total. The highest BCUT2D eigenvalue weighted by molar-refractivity contribution is 5.75. The predicted molar refractivity (Wildman–Crippen MR) is 89.8 cm³/mol. The molecule has 0 saturated heterocycles. The van der Waals surface area contributed by atoms with E-state index in [2.05, 4.69) is 54.7 Å². The molecule has 1 aliphatic carbocycles. The molecular formula is C19H25NO2. The van der Waals surface area contributed by atoms with Crippen molar-refractivity contribution in [3.05, 3.63) is 59.2 Å². The molecule has 0 fully saturated rings. The van der Waals surface area contributed by atoms with Crippen LogP contribution in [0.4, 0.5) is 0 Å². The number of ether oxygens (including phenoxy) is 1. The van der Waals surface area contributed by atoms with Crippen molar-refractivity contribution in [2.45, 2.75) is 32.6 Å². The molecule has 1 aromatic rings. The van der Waals surface area contributed by atoms with Gasteiger partial charge in [0.25, 0.3) is 0 Å². The van der Waals surface area contributed by atoms with Crippen molar-refractivity contribution in [2.24, 2.45) is 0 Å². The molecule has 0 aromatic heterocycles. The zero-order chi connectivity index (χ0) is 15.6. The van der Waals surface area contributed by atoms with Crippen LogP contribution in [-0.4, -0.2) is 25.7 Å². The zero-order valence-electron chi connectivity index (χ0n) is 13.3. The average Bonchev–Trinajstić information content (AvgIpc) is 3.02. The third-order valence-electron chi connectivity index (χ3n) is 3.69. The number of aryl methyl sites for hydroxylation is 2. The van der Waals surface area contributed by atoms with Crippen LogP contribution in [0, 0.1) is 6.92 Å². The maximum atomic E-state index is 11.7. The Bertz CT molecular complexity index is 529. The molecule has 0 unspecified atom stereocenters. The Hall–Kier alpha value is -1.87. The second-order valence-corrected chi connectivity index (χ2v) is 5.70. The van der Waals surface area contributed by atoms with Crippen molar-refractivity contribution in [3.63, 3.8) is 0 Å². The second-order valence-electron chi connectivity index (χ2n) is 5.70. The Labute approximate surface area is 133 Å². The Balaban J connectivity index is 1.48. The van der Waals surface area contributed by atoms with E-state index >= 15 is 0 Å². The summed E-state index contributed by atoms with van der Waals surface area (Å²) in [6.45, 7) is 3.90. The van der Waals surface area contributed by atoms with Gasteiger partial charge in [0, 0.05) is 13.0 Å². The molecule has 0 radical (unpaired) electrons. The van der Waals surface area contributed by atoms with Crippen LogP contribution in [0.1, 0.15) is 30.4 Å². The van der Waals surface area contributed by atoms with E-state index in [-0.39, 0.29) is 5.91 Å². The van der Waals surface area contributed by atoms with E-state index in [0.29, 0.717) is 26.2 Å². The van der Waals surface area contributed by atoms with E-state index in [1.807, 2.05) is 0 Å². The van der Waals surface area contributed by atoms with Gasteiger partial charge in [-0.1, -0.05) is 48.1 Å². The quantitative estimate of drug-likeness (QED) is 0.710. The number of carbonyl (C=O) groups excluding carboxylic acids is 1. The fourth-order valence-corrected chi connectivity index (χ4v) is 2.36. The van der Waals surface area contributed by atoms with Gasteiger partial charge in [0.1, 0.15) is 0 Å². The van der Waals surface area contributed by atoms with E-state index in [0.717, 1.165) is 19.3 Å². The van der Waals surface area contributed by atoms with Crippen LogP contribution in [0.5, 0.6) is 0 Å². The first-order valence-corrected chi connectivity index (χ1v) is 7.98. The SMILES string of the molecule is Cc1ccc(CCCC(=O)NCCOCC2=CC=CC2)cc1. The number of hydrogen-bond acceptors (Lipinski definition) is 2. The lowest BCUT2D eigenvalue weighted by Gasteiger charge is -2.07. The summed E-state index contributed by atoms with van der Waals surface area (Å²) in [5, 5.41) is 2.90. The van der Waals surface area contributed by atoms with E-state index in [4.69, 9.17) is 4.74 Å². The molecule has 1 aromatic carbocycles. The summed E-state index contributed by atoms with van der Waals surface area (Å²) in [5.41, 5.74) is 3.86. The van der Waals surface area contributed by atoms with Crippen LogP contribution in [0.25, 0.3) is 0 Å². The lowest BCUT2D eigenvalue weighted by Crippen LogP contribution is -2.27. The van der Waals surface area contributed by atoms with Gasteiger partial charge < -0.3 is 10.1 Å². The molecule has 0 atom stereocenters. The molecule has 0 bridgehead atoms. The summed E-state index contributed by atoms with van der Waals surface area (Å²) >= 11 is 0. The number of rotatable bonds is 9. The monoisotopic (exact) mass is 299 g/mol. The highest BCUT2D eigenvalue weighted by Gasteiger charge is 2.02. The van der Waals surface area contributed by atoms with Crippen LogP contribution in [0.3, 0.4) is 0 Å². The van der Waals surface area contributed by atoms with E-state index in [1.54, 1.807) is 0 Å². The summed E-state index contributed by atoms with van der Waals surface area (Å²) in [4.78, 5) is 11.7. The standard InChI is InChI=1S/C19H25NO2/c1-16-9-11-17(12-10-16)7-4-8-19(21)20-13-14-22-15-18-5-2-3-6-18/h2-3,5,9-12H,4,6-8,13-15H2,1H3,(H,20,21). The first-order valence-electron chi connectivity index (χ1n) is 7.98. The van der Waals surface area contributed by atoms with Gasteiger partial charge in [-0.2, -0.15) is 0 Å². The Morgan fingerprint density at radius 3 is 2.82 bits per heavy atom. The van der Waals surface area contributed by atoms with Crippen LogP contribution in [0.2, 0.25) is 0 Å². The lowest BCUT2D eigenvalue weighted by atomic mass is 10.1. The first kappa shape index (κ1) is 16.5. The summed E-state index contributed by atoms with van der Waals surface area (Å²) in [7, 11) is 0. The number of amides is 1. The second kappa shape index (κ2) is 9.21.